The summed E-state index contributed by atoms with van der Waals surface area (Å²) in [6.07, 6.45) is 4.60. The normalized spacial score (nSPS) is 21.8. The summed E-state index contributed by atoms with van der Waals surface area (Å²) in [4.78, 5) is 14.5. The van der Waals surface area contributed by atoms with Crippen LogP contribution in [0.5, 0.6) is 11.5 Å². The molecule has 2 aliphatic rings. The van der Waals surface area contributed by atoms with Gasteiger partial charge < -0.3 is 20.1 Å². The fourth-order valence-corrected chi connectivity index (χ4v) is 3.60. The minimum atomic E-state index is -0.103. The van der Waals surface area contributed by atoms with E-state index < -0.39 is 0 Å². The van der Waals surface area contributed by atoms with Gasteiger partial charge in [-0.3, -0.25) is 4.79 Å². The number of ether oxygens (including phenoxy) is 1. The Labute approximate surface area is 143 Å². The van der Waals surface area contributed by atoms with Crippen LogP contribution in [-0.2, 0) is 0 Å². The molecule has 0 saturated carbocycles. The monoisotopic (exact) mass is 340 g/mol. The van der Waals surface area contributed by atoms with Gasteiger partial charge in [0.2, 0.25) is 0 Å². The molecule has 128 valence electrons. The van der Waals surface area contributed by atoms with Gasteiger partial charge in [-0.15, -0.1) is 12.4 Å². The minimum Gasteiger partial charge on any atom is -0.507 e. The highest BCUT2D eigenvalue weighted by molar-refractivity contribution is 5.97. The maximum absolute atomic E-state index is 12.6. The SMILES string of the molecule is COc1ccc(O)c(C(=O)N2CCC(C3CCCN3)CC2)c1.Cl. The molecule has 0 spiro atoms. The van der Waals surface area contributed by atoms with E-state index in [4.69, 9.17) is 4.74 Å². The van der Waals surface area contributed by atoms with Crippen LogP contribution in [0.1, 0.15) is 36.0 Å². The molecule has 1 atom stereocenters. The number of nitrogens with one attached hydrogen (secondary N) is 1. The van der Waals surface area contributed by atoms with Gasteiger partial charge in [-0.05, 0) is 56.3 Å². The van der Waals surface area contributed by atoms with Crippen molar-refractivity contribution in [3.8, 4) is 11.5 Å². The third kappa shape index (κ3) is 3.90. The highest BCUT2D eigenvalue weighted by Gasteiger charge is 2.30. The second-order valence-corrected chi connectivity index (χ2v) is 6.22. The largest absolute Gasteiger partial charge is 0.507 e. The molecule has 2 saturated heterocycles. The van der Waals surface area contributed by atoms with Crippen LogP contribution in [0, 0.1) is 5.92 Å². The lowest BCUT2D eigenvalue weighted by molar-refractivity contribution is 0.0671. The first-order valence-corrected chi connectivity index (χ1v) is 8.08. The molecule has 2 fully saturated rings. The van der Waals surface area contributed by atoms with Gasteiger partial charge in [-0.2, -0.15) is 0 Å². The van der Waals surface area contributed by atoms with E-state index in [0.29, 0.717) is 23.3 Å². The zero-order valence-electron chi connectivity index (χ0n) is 13.5. The number of likely N-dealkylation sites (tertiary alicyclic amines) is 1. The Hall–Kier alpha value is -1.46. The Morgan fingerprint density at radius 3 is 2.65 bits per heavy atom. The molecule has 2 heterocycles. The summed E-state index contributed by atoms with van der Waals surface area (Å²) < 4.78 is 5.14. The number of carbonyl (C=O) groups is 1. The van der Waals surface area contributed by atoms with Gasteiger partial charge in [0.25, 0.3) is 5.91 Å². The van der Waals surface area contributed by atoms with Gasteiger partial charge in [0.1, 0.15) is 11.5 Å². The van der Waals surface area contributed by atoms with Crippen LogP contribution in [0.2, 0.25) is 0 Å². The van der Waals surface area contributed by atoms with E-state index in [9.17, 15) is 9.90 Å². The highest BCUT2D eigenvalue weighted by atomic mass is 35.5. The number of benzene rings is 1. The molecule has 0 aromatic heterocycles. The second-order valence-electron chi connectivity index (χ2n) is 6.22. The quantitative estimate of drug-likeness (QED) is 0.887. The fraction of sp³-hybridized carbons (Fsp3) is 0.588. The Balaban J connectivity index is 0.00000192. The molecule has 5 nitrogen and oxygen atoms in total. The number of aromatic hydroxyl groups is 1. The number of piperidine rings is 1. The Bertz CT molecular complexity index is 539. The molecule has 0 radical (unpaired) electrons. The van der Waals surface area contributed by atoms with Crippen LogP contribution in [-0.4, -0.2) is 48.7 Å². The van der Waals surface area contributed by atoms with E-state index in [0.717, 1.165) is 32.5 Å². The maximum atomic E-state index is 12.6. The lowest BCUT2D eigenvalue weighted by Gasteiger charge is -2.35. The van der Waals surface area contributed by atoms with Crippen LogP contribution in [0.3, 0.4) is 0 Å². The number of methoxy groups -OCH3 is 1. The average molecular weight is 341 g/mol. The third-order valence-corrected chi connectivity index (χ3v) is 4.93. The highest BCUT2D eigenvalue weighted by Crippen LogP contribution is 2.29. The van der Waals surface area contributed by atoms with Crippen LogP contribution < -0.4 is 10.1 Å². The molecule has 6 heteroatoms. The average Bonchev–Trinajstić information content (AvgIpc) is 3.09. The minimum absolute atomic E-state index is 0. The lowest BCUT2D eigenvalue weighted by Crippen LogP contribution is -2.43. The summed E-state index contributed by atoms with van der Waals surface area (Å²) in [5.74, 6) is 1.18. The first-order valence-electron chi connectivity index (χ1n) is 8.08. The van der Waals surface area contributed by atoms with Crippen LogP contribution >= 0.6 is 12.4 Å². The van der Waals surface area contributed by atoms with Crippen LogP contribution in [0.15, 0.2) is 18.2 Å². The topological polar surface area (TPSA) is 61.8 Å². The van der Waals surface area contributed by atoms with Crippen molar-refractivity contribution in [1.82, 2.24) is 10.2 Å². The van der Waals surface area contributed by atoms with Gasteiger partial charge in [-0.25, -0.2) is 0 Å². The zero-order valence-corrected chi connectivity index (χ0v) is 14.3. The van der Waals surface area contributed by atoms with E-state index in [-0.39, 0.29) is 24.1 Å². The number of carbonyl (C=O) groups excluding carboxylic acids is 1. The van der Waals surface area contributed by atoms with Crippen molar-refractivity contribution in [3.63, 3.8) is 0 Å². The molecular formula is C17H25ClN2O3. The predicted molar refractivity (Wildman–Crippen MR) is 91.6 cm³/mol. The number of phenols is 1. The molecule has 1 unspecified atom stereocenters. The van der Waals surface area contributed by atoms with Gasteiger partial charge in [0.05, 0.1) is 12.7 Å². The van der Waals surface area contributed by atoms with Gasteiger partial charge in [0.15, 0.2) is 0 Å². The Morgan fingerprint density at radius 1 is 1.30 bits per heavy atom. The van der Waals surface area contributed by atoms with Crippen molar-refractivity contribution < 1.29 is 14.6 Å². The van der Waals surface area contributed by atoms with Crippen molar-refractivity contribution in [2.24, 2.45) is 5.92 Å². The lowest BCUT2D eigenvalue weighted by atomic mass is 9.88. The molecule has 1 aromatic rings. The number of phenolic OH excluding ortho intramolecular Hbond substituents is 1. The van der Waals surface area contributed by atoms with Crippen LogP contribution in [0.25, 0.3) is 0 Å². The summed E-state index contributed by atoms with van der Waals surface area (Å²) in [5, 5.41) is 13.5. The van der Waals surface area contributed by atoms with E-state index >= 15 is 0 Å². The summed E-state index contributed by atoms with van der Waals surface area (Å²) in [6, 6.07) is 5.41. The number of hydrogen-bond donors (Lipinski definition) is 2. The second kappa shape index (κ2) is 7.88. The van der Waals surface area contributed by atoms with Gasteiger partial charge >= 0.3 is 0 Å². The zero-order chi connectivity index (χ0) is 15.5. The molecule has 23 heavy (non-hydrogen) atoms. The van der Waals surface area contributed by atoms with E-state index in [1.807, 2.05) is 4.90 Å². The van der Waals surface area contributed by atoms with Crippen molar-refractivity contribution >= 4 is 18.3 Å². The summed E-state index contributed by atoms with van der Waals surface area (Å²) in [6.45, 7) is 2.65. The standard InChI is InChI=1S/C17H24N2O3.ClH/c1-22-13-4-5-16(20)14(11-13)17(21)19-9-6-12(7-10-19)15-3-2-8-18-15;/h4-5,11-12,15,18,20H,2-3,6-10H2,1H3;1H. The molecule has 1 aromatic carbocycles. The van der Waals surface area contributed by atoms with E-state index in [1.165, 1.54) is 18.9 Å². The van der Waals surface area contributed by atoms with E-state index in [1.54, 1.807) is 19.2 Å². The smallest absolute Gasteiger partial charge is 0.257 e. The number of halogens is 1. The number of amides is 1. The fourth-order valence-electron chi connectivity index (χ4n) is 3.60. The van der Waals surface area contributed by atoms with Crippen molar-refractivity contribution in [3.05, 3.63) is 23.8 Å². The first kappa shape index (κ1) is 17.9. The van der Waals surface area contributed by atoms with Crippen molar-refractivity contribution in [1.29, 1.82) is 0 Å². The third-order valence-electron chi connectivity index (χ3n) is 4.93. The van der Waals surface area contributed by atoms with Crippen molar-refractivity contribution in [2.75, 3.05) is 26.7 Å². The molecule has 2 N–H and O–H groups in total. The first-order chi connectivity index (χ1) is 10.7. The molecule has 0 bridgehead atoms. The summed E-state index contributed by atoms with van der Waals surface area (Å²) >= 11 is 0. The number of rotatable bonds is 3. The Kier molecular flexibility index (Phi) is 6.13. The Morgan fingerprint density at radius 2 is 2.04 bits per heavy atom. The van der Waals surface area contributed by atoms with E-state index in [2.05, 4.69) is 5.32 Å². The maximum Gasteiger partial charge on any atom is 0.257 e. The molecule has 2 aliphatic heterocycles. The summed E-state index contributed by atoms with van der Waals surface area (Å²) in [5.41, 5.74) is 0.330. The molecular weight excluding hydrogens is 316 g/mol. The van der Waals surface area contributed by atoms with Gasteiger partial charge in [-0.1, -0.05) is 0 Å². The molecule has 1 amide bonds. The van der Waals surface area contributed by atoms with Gasteiger partial charge in [0, 0.05) is 19.1 Å². The van der Waals surface area contributed by atoms with Crippen molar-refractivity contribution in [2.45, 2.75) is 31.7 Å². The number of nitrogens with zero attached hydrogens (tertiary/aromatic N) is 1. The number of hydrogen-bond acceptors (Lipinski definition) is 4. The molecule has 0 aliphatic carbocycles. The predicted octanol–water partition coefficient (Wildman–Crippen LogP) is 2.43. The molecule has 3 rings (SSSR count). The van der Waals surface area contributed by atoms with Crippen LogP contribution in [0.4, 0.5) is 0 Å². The summed E-state index contributed by atoms with van der Waals surface area (Å²) in [7, 11) is 1.56.